The van der Waals surface area contributed by atoms with Crippen LogP contribution >= 0.6 is 30.4 Å². The zero-order valence-electron chi connectivity index (χ0n) is 25.6. The summed E-state index contributed by atoms with van der Waals surface area (Å²) >= 11 is 2.02. The first-order valence-electron chi connectivity index (χ1n) is 14.6. The monoisotopic (exact) mass is 740 g/mol. The Morgan fingerprint density at radius 3 is 2.73 bits per heavy atom. The van der Waals surface area contributed by atoms with Crippen molar-refractivity contribution in [3.63, 3.8) is 0 Å². The van der Waals surface area contributed by atoms with Crippen molar-refractivity contribution in [2.24, 2.45) is 4.99 Å². The quantitative estimate of drug-likeness (QED) is 0.0315. The highest BCUT2D eigenvalue weighted by molar-refractivity contribution is 14.2. The normalized spacial score (nSPS) is 14.3. The van der Waals surface area contributed by atoms with Gasteiger partial charge < -0.3 is 25.4 Å². The number of nitrogens with zero attached hydrogens (tertiary/aromatic N) is 2. The molecule has 0 fully saturated rings. The summed E-state index contributed by atoms with van der Waals surface area (Å²) in [7, 11) is 2.77. The number of allylic oxidation sites excluding steroid dienone is 1. The van der Waals surface area contributed by atoms with Gasteiger partial charge in [0.1, 0.15) is 0 Å². The third-order valence-electron chi connectivity index (χ3n) is 6.85. The molecule has 13 heteroatoms. The number of nitrogens with one attached hydrogen (secondary N) is 2. The molecule has 0 saturated heterocycles. The molecule has 3 N–H and O–H groups in total. The number of aryl methyl sites for hydroxylation is 1. The summed E-state index contributed by atoms with van der Waals surface area (Å²) in [6.07, 6.45) is 3.16. The summed E-state index contributed by atoms with van der Waals surface area (Å²) < 4.78 is 10.5. The number of aliphatic imine (C=N–C) groups is 1. The Balaban J connectivity index is 1.97. The van der Waals surface area contributed by atoms with Crippen LogP contribution in [0.3, 0.4) is 0 Å². The van der Waals surface area contributed by atoms with Crippen LogP contribution in [0.15, 0.2) is 53.0 Å². The third-order valence-corrected chi connectivity index (χ3v) is 7.76. The van der Waals surface area contributed by atoms with Gasteiger partial charge in [-0.25, -0.2) is 14.8 Å². The highest BCUT2D eigenvalue weighted by Crippen LogP contribution is 2.32. The Morgan fingerprint density at radius 2 is 2.05 bits per heavy atom. The molecule has 0 aromatic heterocycles. The van der Waals surface area contributed by atoms with Crippen molar-refractivity contribution in [3.8, 4) is 0 Å². The molecular weight excluding hydrogens is 699 g/mol. The summed E-state index contributed by atoms with van der Waals surface area (Å²) in [5, 5.41) is 15.4. The van der Waals surface area contributed by atoms with Gasteiger partial charge in [0.25, 0.3) is 5.91 Å². The minimum absolute atomic E-state index is 0.00984. The topological polar surface area (TPSA) is 131 Å². The zero-order valence-corrected chi connectivity index (χ0v) is 28.5. The fourth-order valence-electron chi connectivity index (χ4n) is 4.64. The number of aliphatic hydroxyl groups is 1. The smallest absolute Gasteiger partial charge is 0.255 e. The molecule has 3 rings (SSSR count). The van der Waals surface area contributed by atoms with Crippen LogP contribution in [0, 0.1) is 6.92 Å². The third kappa shape index (κ3) is 9.99. The van der Waals surface area contributed by atoms with Gasteiger partial charge in [-0.1, -0.05) is 25.5 Å². The molecule has 0 bridgehead atoms. The molecule has 2 aromatic carbocycles. The lowest BCUT2D eigenvalue weighted by molar-refractivity contribution is -0.357. The molecule has 0 heterocycles. The number of benzene rings is 2. The van der Waals surface area contributed by atoms with Crippen LogP contribution in [0.4, 0.5) is 17.1 Å². The second kappa shape index (κ2) is 19.1. The van der Waals surface area contributed by atoms with Gasteiger partial charge >= 0.3 is 0 Å². The number of carbonyl (C=O) groups is 2. The Hall–Kier alpha value is -2.53. The first-order valence-corrected chi connectivity index (χ1v) is 17.8. The number of aliphatic hydroxyl groups excluding tert-OH is 1. The average molecular weight is 741 g/mol. The van der Waals surface area contributed by atoms with Gasteiger partial charge in [0.05, 0.1) is 32.8 Å². The average Bonchev–Trinajstić information content (AvgIpc) is 3.02. The zero-order chi connectivity index (χ0) is 31.9. The van der Waals surface area contributed by atoms with E-state index in [1.54, 1.807) is 25.3 Å². The van der Waals surface area contributed by atoms with E-state index >= 15 is 0 Å². The molecule has 0 saturated carbocycles. The number of ketones is 1. The van der Waals surface area contributed by atoms with Crippen LogP contribution in [0.5, 0.6) is 0 Å². The summed E-state index contributed by atoms with van der Waals surface area (Å²) in [6.45, 7) is 8.18. The van der Waals surface area contributed by atoms with E-state index in [4.69, 9.17) is 23.7 Å². The van der Waals surface area contributed by atoms with E-state index in [1.165, 1.54) is 9.21 Å². The number of Topliss-reactive ketones (excluding diaryl/α,β-unsaturated/α-hetero) is 1. The number of halogens is 1. The minimum atomic E-state index is -0.521. The fourth-order valence-corrected chi connectivity index (χ4v) is 5.55. The highest BCUT2D eigenvalue weighted by atomic mass is 127. The molecule has 11 nitrogen and oxygen atoms in total. The van der Waals surface area contributed by atoms with E-state index in [1.807, 2.05) is 66.2 Å². The lowest BCUT2D eigenvalue weighted by atomic mass is 9.87. The fraction of sp³-hybridized carbons (Fsp3) is 0.452. The van der Waals surface area contributed by atoms with Gasteiger partial charge in [0.15, 0.2) is 12.5 Å². The van der Waals surface area contributed by atoms with Crippen LogP contribution in [0.25, 0.3) is 0 Å². The summed E-state index contributed by atoms with van der Waals surface area (Å²) in [6, 6.07) is 11.1. The van der Waals surface area contributed by atoms with E-state index in [2.05, 4.69) is 15.5 Å². The number of rotatable bonds is 19. The molecule has 1 amide bonds. The first-order chi connectivity index (χ1) is 21.4. The summed E-state index contributed by atoms with van der Waals surface area (Å²) in [5.74, 6) is -0.863. The van der Waals surface area contributed by atoms with Crippen molar-refractivity contribution in [1.82, 2.24) is 5.32 Å². The Kier molecular flexibility index (Phi) is 15.6. The molecule has 1 unspecified atom stereocenters. The van der Waals surface area contributed by atoms with Gasteiger partial charge in [-0.05, 0) is 56.2 Å². The van der Waals surface area contributed by atoms with E-state index in [0.717, 1.165) is 24.2 Å². The lowest BCUT2D eigenvalue weighted by Crippen LogP contribution is -2.33. The predicted molar refractivity (Wildman–Crippen MR) is 183 cm³/mol. The largest absolute Gasteiger partial charge is 0.395 e. The lowest BCUT2D eigenvalue weighted by Gasteiger charge is -2.23. The second-order valence-corrected chi connectivity index (χ2v) is 11.3. The number of fused-ring (bicyclic) bond motifs is 1. The number of amides is 1. The van der Waals surface area contributed by atoms with Gasteiger partial charge in [0, 0.05) is 83.5 Å². The van der Waals surface area contributed by atoms with Crippen LogP contribution < -0.4 is 15.5 Å². The van der Waals surface area contributed by atoms with Gasteiger partial charge in [0.2, 0.25) is 6.29 Å². The number of anilines is 2. The summed E-state index contributed by atoms with van der Waals surface area (Å²) in [4.78, 5) is 44.6. The van der Waals surface area contributed by atoms with E-state index < -0.39 is 18.0 Å². The highest BCUT2D eigenvalue weighted by Gasteiger charge is 2.30. The summed E-state index contributed by atoms with van der Waals surface area (Å²) in [5.41, 5.74) is 4.53. The number of methoxy groups -OCH3 is 1. The standard InChI is InChI=1S/C31H41IN4O7S/c1-5-9-28(43-44-32)42-41-20-34-26-11-7-10-23-29(26)27(19-24(30(23)38)31(39)33-14-8-17-40-4)35-25-13-12-22(18-21(25)3)36(6-2)15-16-37/h7,10-13,18-19,28,34,37H,5-6,8-9,14-17,20H2,1-4H3,(H,33,39). The molecule has 0 aliphatic heterocycles. The van der Waals surface area contributed by atoms with Crippen molar-refractivity contribution >= 4 is 64.9 Å². The van der Waals surface area contributed by atoms with Crippen LogP contribution in [-0.2, 0) is 23.5 Å². The maximum atomic E-state index is 13.6. The SMILES string of the molecule is CCCC(OOCNc1cccc2c1C(=Nc1ccc(N(CC)CCO)cc1C)C=C(C(=O)NCCCOC)C2=O)OSI. The predicted octanol–water partition coefficient (Wildman–Crippen LogP) is 5.67. The van der Waals surface area contributed by atoms with E-state index in [-0.39, 0.29) is 18.9 Å². The molecule has 1 aliphatic carbocycles. The number of carbonyl (C=O) groups excluding carboxylic acids is 2. The number of ether oxygens (including phenoxy) is 1. The second-order valence-electron chi connectivity index (χ2n) is 9.90. The molecule has 2 aromatic rings. The number of hydrogen-bond acceptors (Lipinski definition) is 11. The van der Waals surface area contributed by atoms with Gasteiger partial charge in [-0.15, -0.1) is 0 Å². The van der Waals surface area contributed by atoms with E-state index in [0.29, 0.717) is 60.8 Å². The number of likely N-dealkylation sites (N-methyl/N-ethyl adjacent to an activating group) is 1. The molecule has 44 heavy (non-hydrogen) atoms. The molecule has 1 atom stereocenters. The maximum Gasteiger partial charge on any atom is 0.255 e. The Labute approximate surface area is 275 Å². The van der Waals surface area contributed by atoms with Gasteiger partial charge in [-0.3, -0.25) is 13.8 Å². The van der Waals surface area contributed by atoms with Crippen LogP contribution in [0.1, 0.15) is 54.6 Å². The molecule has 0 radical (unpaired) electrons. The van der Waals surface area contributed by atoms with Crippen LogP contribution in [0.2, 0.25) is 0 Å². The first kappa shape index (κ1) is 35.9. The molecule has 1 aliphatic rings. The number of hydrogen-bond donors (Lipinski definition) is 3. The van der Waals surface area contributed by atoms with Crippen LogP contribution in [-0.4, -0.2) is 75.5 Å². The molecule has 0 spiro atoms. The van der Waals surface area contributed by atoms with Crippen molar-refractivity contribution < 1.29 is 33.4 Å². The van der Waals surface area contributed by atoms with Crippen molar-refractivity contribution in [3.05, 3.63) is 64.7 Å². The van der Waals surface area contributed by atoms with Crippen molar-refractivity contribution in [2.75, 3.05) is 56.9 Å². The van der Waals surface area contributed by atoms with Crippen molar-refractivity contribution in [2.45, 2.75) is 46.3 Å². The van der Waals surface area contributed by atoms with Crippen molar-refractivity contribution in [1.29, 1.82) is 0 Å². The Bertz CT molecular complexity index is 1320. The molecule has 240 valence electrons. The minimum Gasteiger partial charge on any atom is -0.395 e. The Morgan fingerprint density at radius 1 is 1.23 bits per heavy atom. The maximum absolute atomic E-state index is 13.6. The van der Waals surface area contributed by atoms with Gasteiger partial charge in [-0.2, -0.15) is 0 Å². The molecular formula is C31H41IN4O7S. The van der Waals surface area contributed by atoms with E-state index in [9.17, 15) is 14.7 Å².